The topological polar surface area (TPSA) is 430 Å². The van der Waals surface area contributed by atoms with Gasteiger partial charge in [-0.1, -0.05) is 0 Å². The maximum absolute atomic E-state index is 13.8. The molecule has 0 radical (unpaired) electrons. The van der Waals surface area contributed by atoms with Crippen LogP contribution in [0.5, 0.6) is 0 Å². The van der Waals surface area contributed by atoms with Crippen molar-refractivity contribution in [2.24, 2.45) is 0 Å². The van der Waals surface area contributed by atoms with Crippen LogP contribution in [0.4, 0.5) is 40.8 Å². The molecule has 144 heavy (non-hydrogen) atoms. The maximum atomic E-state index is 13.8. The number of aromatic nitrogens is 20. The molecule has 4 aliphatic carbocycles. The highest BCUT2D eigenvalue weighted by atomic mass is 19.1. The summed E-state index contributed by atoms with van der Waals surface area (Å²) in [6.07, 6.45) is 24.4. The Morgan fingerprint density at radius 2 is 0.542 bits per heavy atom. The summed E-state index contributed by atoms with van der Waals surface area (Å²) in [5, 5.41) is 44.9. The average Bonchev–Trinajstić information content (AvgIpc) is 1.61. The van der Waals surface area contributed by atoms with Crippen molar-refractivity contribution >= 4 is 114 Å². The van der Waals surface area contributed by atoms with E-state index in [9.17, 15) is 36.7 Å². The van der Waals surface area contributed by atoms with Crippen molar-refractivity contribution in [1.82, 2.24) is 118 Å². The smallest absolute Gasteiger partial charge is 0.257 e. The van der Waals surface area contributed by atoms with Crippen molar-refractivity contribution < 1.29 is 74.6 Å². The summed E-state index contributed by atoms with van der Waals surface area (Å²) < 4.78 is 115. The first-order valence-electron chi connectivity index (χ1n) is 48.7. The predicted molar refractivity (Wildman–Crippen MR) is 528 cm³/mol. The van der Waals surface area contributed by atoms with Crippen molar-refractivity contribution in [3.63, 3.8) is 0 Å². The molecule has 2 unspecified atom stereocenters. The first kappa shape index (κ1) is 95.9. The van der Waals surface area contributed by atoms with E-state index in [1.54, 1.807) is 99.5 Å². The summed E-state index contributed by atoms with van der Waals surface area (Å²) in [6.45, 7) is 4.67. The number of pyridine rings is 4. The minimum Gasteiger partial charge on any atom is -0.379 e. The molecule has 4 saturated heterocycles. The zero-order valence-corrected chi connectivity index (χ0v) is 80.6. The summed E-state index contributed by atoms with van der Waals surface area (Å²) >= 11 is 0. The third kappa shape index (κ3) is 18.0. The van der Waals surface area contributed by atoms with Gasteiger partial charge in [0.2, 0.25) is 0 Å². The highest BCUT2D eigenvalue weighted by Gasteiger charge is 2.41. The van der Waals surface area contributed by atoms with E-state index in [1.807, 2.05) is 72.8 Å². The molecule has 4 amide bonds. The zero-order chi connectivity index (χ0) is 99.2. The molecule has 4 aliphatic heterocycles. The number of carbonyl (C=O) groups is 4. The van der Waals surface area contributed by atoms with Crippen molar-refractivity contribution in [3.05, 3.63) is 169 Å². The van der Waals surface area contributed by atoms with E-state index >= 15 is 0 Å². The molecule has 16 aromatic heterocycles. The Balaban J connectivity index is 0.000000113. The van der Waals surface area contributed by atoms with Gasteiger partial charge in [-0.15, -0.1) is 0 Å². The van der Waals surface area contributed by atoms with E-state index in [0.29, 0.717) is 195 Å². The second-order valence-electron chi connectivity index (χ2n) is 37.1. The highest BCUT2D eigenvalue weighted by Crippen LogP contribution is 2.43. The van der Waals surface area contributed by atoms with Crippen molar-refractivity contribution in [1.29, 1.82) is 0 Å². The molecule has 0 aromatic carbocycles. The maximum Gasteiger partial charge on any atom is 0.257 e. The van der Waals surface area contributed by atoms with E-state index in [2.05, 4.69) is 126 Å². The Hall–Kier alpha value is -14.3. The van der Waals surface area contributed by atoms with Crippen LogP contribution in [0.1, 0.15) is 143 Å². The number of halogens is 4. The van der Waals surface area contributed by atoms with Crippen LogP contribution in [0.3, 0.4) is 0 Å². The molecule has 4 saturated carbocycles. The van der Waals surface area contributed by atoms with Crippen LogP contribution in [0.2, 0.25) is 0 Å². The number of alkyl halides is 4. The molecule has 40 nitrogen and oxygen atoms in total. The minimum atomic E-state index is -1.01. The lowest BCUT2D eigenvalue weighted by Gasteiger charge is -2.31. The predicted octanol–water partition coefficient (Wildman–Crippen LogP) is 12.0. The second kappa shape index (κ2) is 41.2. The average molecular weight is 1970 g/mol. The van der Waals surface area contributed by atoms with Gasteiger partial charge in [0, 0.05) is 201 Å². The summed E-state index contributed by atoms with van der Waals surface area (Å²) in [6, 6.07) is 21.7. The number of carbonyl (C=O) groups excluding carboxylic acids is 4. The normalized spacial score (nSPS) is 24.1. The number of anilines is 4. The van der Waals surface area contributed by atoms with Gasteiger partial charge in [0.1, 0.15) is 117 Å². The molecule has 0 spiro atoms. The Morgan fingerprint density at radius 1 is 0.319 bits per heavy atom. The van der Waals surface area contributed by atoms with Gasteiger partial charge in [0.25, 0.3) is 23.6 Å². The number of amides is 4. The van der Waals surface area contributed by atoms with Crippen LogP contribution >= 0.6 is 0 Å². The molecule has 8 N–H and O–H groups in total. The van der Waals surface area contributed by atoms with Crippen molar-refractivity contribution in [3.8, 4) is 45.0 Å². The Labute approximate surface area is 821 Å². The number of nitrogens with zero attached hydrogens (tertiary/aromatic N) is 20. The van der Waals surface area contributed by atoms with Crippen LogP contribution in [0, 0.1) is 0 Å². The molecule has 24 rings (SSSR count). The number of nitrogens with one attached hydrogen (secondary N) is 8. The molecule has 0 bridgehead atoms. The fourth-order valence-electron chi connectivity index (χ4n) is 20.4. The fourth-order valence-corrected chi connectivity index (χ4v) is 20.4. The lowest BCUT2D eigenvalue weighted by Crippen LogP contribution is -2.48. The van der Waals surface area contributed by atoms with E-state index in [1.165, 1.54) is 24.8 Å². The van der Waals surface area contributed by atoms with Crippen LogP contribution in [0.15, 0.2) is 147 Å². The van der Waals surface area contributed by atoms with Gasteiger partial charge < -0.3 is 98.7 Å². The molecular formula is C100H112F4N28O12. The third-order valence-corrected chi connectivity index (χ3v) is 29.1. The highest BCUT2D eigenvalue weighted by molar-refractivity contribution is 6.05. The summed E-state index contributed by atoms with van der Waals surface area (Å²) in [4.78, 5) is 90.0. The van der Waals surface area contributed by atoms with Gasteiger partial charge >= 0.3 is 0 Å². The van der Waals surface area contributed by atoms with E-state index < -0.39 is 48.9 Å². The van der Waals surface area contributed by atoms with Gasteiger partial charge in [-0.2, -0.15) is 38.5 Å². The largest absolute Gasteiger partial charge is 0.379 e. The number of hydrogen-bond donors (Lipinski definition) is 8. The van der Waals surface area contributed by atoms with Crippen molar-refractivity contribution in [2.75, 3.05) is 131 Å². The Morgan fingerprint density at radius 3 is 0.729 bits per heavy atom. The number of rotatable bonds is 24. The molecule has 44 heteroatoms. The van der Waals surface area contributed by atoms with Crippen LogP contribution in [-0.2, 0) is 37.9 Å². The van der Waals surface area contributed by atoms with Gasteiger partial charge in [-0.05, 0) is 126 Å². The second-order valence-corrected chi connectivity index (χ2v) is 37.1. The molecule has 752 valence electrons. The van der Waals surface area contributed by atoms with Gasteiger partial charge in [0.15, 0.2) is 22.6 Å². The van der Waals surface area contributed by atoms with Crippen LogP contribution in [-0.4, -0.2) is 303 Å². The summed E-state index contributed by atoms with van der Waals surface area (Å²) in [7, 11) is 13.9. The summed E-state index contributed by atoms with van der Waals surface area (Å²) in [5.41, 5.74) is 12.4. The molecule has 8 fully saturated rings. The Kier molecular flexibility index (Phi) is 27.4. The standard InChI is InChI=1S/4C25H28FN7O3/c4*1-27-22-10-19(30-24-15(11-29-33(22)24)25(34)31-18-6-5-17(18)26)16-12-32(23-14(16)4-3-8-28-23)20-7-9-36-13-21(20)35-2/h4*3-4,8,10-12,17-18,20-21,27H,5-7,9,13H2,1-2H3,(H,31,34)/t17-,18?,20-,21+;17-,18?,20-,21-;17-,18+,20+,21+;17-,18+,20-,21-/m0101/s1. The Bertz CT molecular complexity index is 6600. The van der Waals surface area contributed by atoms with Gasteiger partial charge in [0.05, 0.1) is 122 Å². The molecule has 20 heterocycles. The van der Waals surface area contributed by atoms with Gasteiger partial charge in [-0.25, -0.2) is 57.4 Å². The number of methoxy groups -OCH3 is 4. The van der Waals surface area contributed by atoms with E-state index in [-0.39, 0.29) is 72.2 Å². The SMILES string of the molecule is CNc1cc(-c2cn([C@@H]3CCOC[C@H]3OC)c3ncccc23)nc2c(C(=O)NC3CC[C@H]3F)cnn12.CNc1cc(-c2cn([C@@H]3CCOC[C@H]3OC)c3ncccc23)nc2c(C(=O)N[C@@H]3CC[C@@H]3F)cnn12.CNc1cc(-c2cn([C@@H]3CCOC[C@H]3OC)c3ncccc23)nc2c(C(=O)N[C@H]3CC[C@H]3F)cnn12.CNc1cc(-c2cn([C@H]3CCOC[C@H]3OC)c3ncccc23)nc2c(C(=O)NC3CC[C@@H]3F)cnn12. The molecule has 16 aromatic rings. The lowest BCUT2D eigenvalue weighted by molar-refractivity contribution is -0.0592. The minimum absolute atomic E-state index is 0.0647. The van der Waals surface area contributed by atoms with E-state index in [4.69, 9.17) is 57.8 Å². The first-order valence-corrected chi connectivity index (χ1v) is 48.7. The van der Waals surface area contributed by atoms with E-state index in [0.717, 1.165) is 92.1 Å². The third-order valence-electron chi connectivity index (χ3n) is 29.1. The van der Waals surface area contributed by atoms with Crippen LogP contribution < -0.4 is 42.5 Å². The fraction of sp³-hybridized carbons (Fsp3) is 0.440. The molecular weight excluding hydrogens is 1860 g/mol. The lowest BCUT2D eigenvalue weighted by atomic mass is 9.90. The monoisotopic (exact) mass is 1970 g/mol. The quantitative estimate of drug-likeness (QED) is 0.0260. The van der Waals surface area contributed by atoms with Crippen molar-refractivity contribution in [2.45, 2.75) is 174 Å². The first-order chi connectivity index (χ1) is 70.3. The van der Waals surface area contributed by atoms with Crippen LogP contribution in [0.25, 0.3) is 112 Å². The van der Waals surface area contributed by atoms with Gasteiger partial charge in [-0.3, -0.25) is 19.2 Å². The number of ether oxygens (including phenoxy) is 8. The molecule has 16 atom stereocenters. The summed E-state index contributed by atoms with van der Waals surface area (Å²) in [5.74, 6) is 1.19. The zero-order valence-electron chi connectivity index (χ0n) is 80.6. The number of fused-ring (bicyclic) bond motifs is 8. The molecule has 8 aliphatic rings. The number of hydrogen-bond acceptors (Lipinski definition) is 28.